The highest BCUT2D eigenvalue weighted by Gasteiger charge is 2.11. The summed E-state index contributed by atoms with van der Waals surface area (Å²) in [7, 11) is 1.65. The lowest BCUT2D eigenvalue weighted by Crippen LogP contribution is -2.30. The van der Waals surface area contributed by atoms with Crippen LogP contribution < -0.4 is 14.8 Å². The second-order valence-electron chi connectivity index (χ2n) is 6.10. The summed E-state index contributed by atoms with van der Waals surface area (Å²) in [6, 6.07) is 10.8. The molecule has 2 N–H and O–H groups in total. The molecule has 0 saturated carbocycles. The minimum atomic E-state index is -0.212. The third kappa shape index (κ3) is 4.67. The first kappa shape index (κ1) is 19.4. The van der Waals surface area contributed by atoms with Crippen LogP contribution >= 0.6 is 23.2 Å². The highest BCUT2D eigenvalue weighted by Crippen LogP contribution is 2.28. The number of nitrogens with one attached hydrogen (secondary N) is 2. The average molecular weight is 407 g/mol. The van der Waals surface area contributed by atoms with Crippen LogP contribution in [-0.2, 0) is 11.2 Å². The molecule has 0 spiro atoms. The van der Waals surface area contributed by atoms with Gasteiger partial charge in [0.15, 0.2) is 6.61 Å². The maximum Gasteiger partial charge on any atom is 0.257 e. The zero-order valence-corrected chi connectivity index (χ0v) is 16.6. The number of aromatic nitrogens is 1. The minimum Gasteiger partial charge on any atom is -0.497 e. The van der Waals surface area contributed by atoms with Gasteiger partial charge in [0.05, 0.1) is 12.1 Å². The standard InChI is InChI=1S/C20H20Cl2N2O3/c1-12-15(16-10-14(26-2)4-5-18(16)24-12)7-8-23-20(25)11-27-19-6-3-13(21)9-17(19)22/h3-6,9-10,24H,7-8,11H2,1-2H3,(H,23,25). The van der Waals surface area contributed by atoms with E-state index >= 15 is 0 Å². The van der Waals surface area contributed by atoms with Gasteiger partial charge in [0.25, 0.3) is 5.91 Å². The van der Waals surface area contributed by atoms with Gasteiger partial charge in [0.1, 0.15) is 11.5 Å². The molecule has 3 rings (SSSR count). The van der Waals surface area contributed by atoms with Gasteiger partial charge in [-0.25, -0.2) is 0 Å². The van der Waals surface area contributed by atoms with Gasteiger partial charge < -0.3 is 19.8 Å². The number of carbonyl (C=O) groups is 1. The predicted octanol–water partition coefficient (Wildman–Crippen LogP) is 4.53. The van der Waals surface area contributed by atoms with E-state index in [1.807, 2.05) is 25.1 Å². The molecule has 142 valence electrons. The number of carbonyl (C=O) groups excluding carboxylic acids is 1. The molecule has 0 atom stereocenters. The molecule has 0 aliphatic heterocycles. The number of aromatic amines is 1. The number of fused-ring (bicyclic) bond motifs is 1. The lowest BCUT2D eigenvalue weighted by molar-refractivity contribution is -0.123. The number of aryl methyl sites for hydroxylation is 1. The molecule has 0 bridgehead atoms. The van der Waals surface area contributed by atoms with E-state index < -0.39 is 0 Å². The molecule has 0 saturated heterocycles. The fourth-order valence-corrected chi connectivity index (χ4v) is 3.39. The topological polar surface area (TPSA) is 63.3 Å². The molecular weight excluding hydrogens is 387 g/mol. The number of hydrogen-bond acceptors (Lipinski definition) is 3. The lowest BCUT2D eigenvalue weighted by atomic mass is 10.1. The Bertz CT molecular complexity index is 969. The molecule has 0 aliphatic rings. The summed E-state index contributed by atoms with van der Waals surface area (Å²) in [4.78, 5) is 15.4. The van der Waals surface area contributed by atoms with Gasteiger partial charge in [-0.1, -0.05) is 23.2 Å². The average Bonchev–Trinajstić information content (AvgIpc) is 2.95. The van der Waals surface area contributed by atoms with Gasteiger partial charge >= 0.3 is 0 Å². The maximum absolute atomic E-state index is 12.0. The molecule has 0 fully saturated rings. The van der Waals surface area contributed by atoms with Crippen molar-refractivity contribution in [2.45, 2.75) is 13.3 Å². The number of benzene rings is 2. The summed E-state index contributed by atoms with van der Waals surface area (Å²) in [5.41, 5.74) is 3.29. The zero-order valence-electron chi connectivity index (χ0n) is 15.1. The molecule has 2 aromatic carbocycles. The third-order valence-corrected chi connectivity index (χ3v) is 4.81. The number of methoxy groups -OCH3 is 1. The van der Waals surface area contributed by atoms with Crippen LogP contribution in [0.3, 0.4) is 0 Å². The normalized spacial score (nSPS) is 10.8. The van der Waals surface area contributed by atoms with E-state index in [1.54, 1.807) is 25.3 Å². The van der Waals surface area contributed by atoms with E-state index in [0.29, 0.717) is 28.8 Å². The van der Waals surface area contributed by atoms with Crippen molar-refractivity contribution in [2.75, 3.05) is 20.3 Å². The summed E-state index contributed by atoms with van der Waals surface area (Å²) in [5.74, 6) is 1.02. The minimum absolute atomic E-state index is 0.109. The SMILES string of the molecule is COc1ccc2[nH]c(C)c(CCNC(=O)COc3ccc(Cl)cc3Cl)c2c1. The summed E-state index contributed by atoms with van der Waals surface area (Å²) >= 11 is 11.9. The fourth-order valence-electron chi connectivity index (χ4n) is 2.92. The molecule has 0 unspecified atom stereocenters. The third-order valence-electron chi connectivity index (χ3n) is 4.28. The smallest absolute Gasteiger partial charge is 0.257 e. The largest absolute Gasteiger partial charge is 0.497 e. The van der Waals surface area contributed by atoms with E-state index in [4.69, 9.17) is 32.7 Å². The number of ether oxygens (including phenoxy) is 2. The first-order valence-corrected chi connectivity index (χ1v) is 9.23. The van der Waals surface area contributed by atoms with Gasteiger partial charge in [0, 0.05) is 28.2 Å². The lowest BCUT2D eigenvalue weighted by Gasteiger charge is -2.09. The van der Waals surface area contributed by atoms with E-state index in [-0.39, 0.29) is 12.5 Å². The summed E-state index contributed by atoms with van der Waals surface area (Å²) in [6.45, 7) is 2.42. The molecule has 27 heavy (non-hydrogen) atoms. The van der Waals surface area contributed by atoms with Crippen molar-refractivity contribution in [1.82, 2.24) is 10.3 Å². The Labute approximate surface area is 167 Å². The van der Waals surface area contributed by atoms with E-state index in [1.165, 1.54) is 0 Å². The highest BCUT2D eigenvalue weighted by molar-refractivity contribution is 6.35. The summed E-state index contributed by atoms with van der Waals surface area (Å²) in [6.07, 6.45) is 0.701. The molecular formula is C20H20Cl2N2O3. The van der Waals surface area contributed by atoms with Gasteiger partial charge in [-0.3, -0.25) is 4.79 Å². The Morgan fingerprint density at radius 1 is 1.19 bits per heavy atom. The van der Waals surface area contributed by atoms with Crippen LogP contribution in [0.2, 0.25) is 10.0 Å². The van der Waals surface area contributed by atoms with Crippen molar-refractivity contribution in [3.8, 4) is 11.5 Å². The molecule has 1 heterocycles. The fraction of sp³-hybridized carbons (Fsp3) is 0.250. The van der Waals surface area contributed by atoms with Gasteiger partial charge in [-0.05, 0) is 55.3 Å². The van der Waals surface area contributed by atoms with Gasteiger partial charge in [-0.15, -0.1) is 0 Å². The zero-order chi connectivity index (χ0) is 19.4. The van der Waals surface area contributed by atoms with Crippen LogP contribution in [0.25, 0.3) is 10.9 Å². The molecule has 0 radical (unpaired) electrons. The Balaban J connectivity index is 1.55. The first-order valence-electron chi connectivity index (χ1n) is 8.47. The number of hydrogen-bond donors (Lipinski definition) is 2. The van der Waals surface area contributed by atoms with E-state index in [2.05, 4.69) is 10.3 Å². The summed E-state index contributed by atoms with van der Waals surface area (Å²) < 4.78 is 10.7. The predicted molar refractivity (Wildman–Crippen MR) is 108 cm³/mol. The molecule has 1 amide bonds. The van der Waals surface area contributed by atoms with Crippen LogP contribution in [0.1, 0.15) is 11.3 Å². The van der Waals surface area contributed by atoms with Crippen molar-refractivity contribution in [3.05, 3.63) is 57.7 Å². The Morgan fingerprint density at radius 2 is 2.00 bits per heavy atom. The Kier molecular flexibility index (Phi) is 6.14. The maximum atomic E-state index is 12.0. The number of amides is 1. The first-order chi connectivity index (χ1) is 13.0. The Hall–Kier alpha value is -2.37. The van der Waals surface area contributed by atoms with Crippen molar-refractivity contribution >= 4 is 40.0 Å². The monoisotopic (exact) mass is 406 g/mol. The second-order valence-corrected chi connectivity index (χ2v) is 6.95. The van der Waals surface area contributed by atoms with Crippen molar-refractivity contribution in [3.63, 3.8) is 0 Å². The number of rotatable bonds is 7. The molecule has 0 aliphatic carbocycles. The number of halogens is 2. The summed E-state index contributed by atoms with van der Waals surface area (Å²) in [5, 5.41) is 4.86. The number of H-pyrrole nitrogens is 1. The van der Waals surface area contributed by atoms with Crippen LogP contribution in [0.4, 0.5) is 0 Å². The van der Waals surface area contributed by atoms with Crippen LogP contribution in [-0.4, -0.2) is 31.2 Å². The molecule has 3 aromatic rings. The quantitative estimate of drug-likeness (QED) is 0.605. The Morgan fingerprint density at radius 3 is 2.74 bits per heavy atom. The van der Waals surface area contributed by atoms with Gasteiger partial charge in [-0.2, -0.15) is 0 Å². The molecule has 1 aromatic heterocycles. The van der Waals surface area contributed by atoms with E-state index in [0.717, 1.165) is 27.9 Å². The van der Waals surface area contributed by atoms with Crippen LogP contribution in [0, 0.1) is 6.92 Å². The second kappa shape index (κ2) is 8.55. The molecule has 5 nitrogen and oxygen atoms in total. The van der Waals surface area contributed by atoms with E-state index in [9.17, 15) is 4.79 Å². The van der Waals surface area contributed by atoms with Crippen LogP contribution in [0.15, 0.2) is 36.4 Å². The van der Waals surface area contributed by atoms with Crippen molar-refractivity contribution in [2.24, 2.45) is 0 Å². The van der Waals surface area contributed by atoms with Gasteiger partial charge in [0.2, 0.25) is 0 Å². The molecule has 7 heteroatoms. The van der Waals surface area contributed by atoms with Crippen molar-refractivity contribution < 1.29 is 14.3 Å². The van der Waals surface area contributed by atoms with Crippen molar-refractivity contribution in [1.29, 1.82) is 0 Å². The van der Waals surface area contributed by atoms with Crippen LogP contribution in [0.5, 0.6) is 11.5 Å². The highest BCUT2D eigenvalue weighted by atomic mass is 35.5.